The number of carbonyl (C=O) groups excluding carboxylic acids is 1. The Kier molecular flexibility index (Phi) is 6.29. The highest BCUT2D eigenvalue weighted by atomic mass is 35.5. The van der Waals surface area contributed by atoms with Crippen LogP contribution in [0.2, 0.25) is 5.02 Å². The van der Waals surface area contributed by atoms with Crippen molar-refractivity contribution in [3.63, 3.8) is 0 Å². The number of rotatable bonds is 6. The molecule has 28 heavy (non-hydrogen) atoms. The highest BCUT2D eigenvalue weighted by Crippen LogP contribution is 2.24. The molecule has 0 spiro atoms. The highest BCUT2D eigenvalue weighted by molar-refractivity contribution is 7.89. The third-order valence-corrected chi connectivity index (χ3v) is 6.14. The number of halogens is 1. The first-order valence-corrected chi connectivity index (χ1v) is 10.6. The molecule has 1 fully saturated rings. The molecule has 10 heteroatoms. The average molecular weight is 428 g/mol. The maximum Gasteiger partial charge on any atom is 0.289 e. The summed E-state index contributed by atoms with van der Waals surface area (Å²) in [4.78, 5) is 16.5. The maximum absolute atomic E-state index is 12.6. The predicted molar refractivity (Wildman–Crippen MR) is 104 cm³/mol. The maximum atomic E-state index is 12.6. The molecule has 1 aliphatic rings. The van der Waals surface area contributed by atoms with Gasteiger partial charge in [-0.05, 0) is 37.4 Å². The van der Waals surface area contributed by atoms with Gasteiger partial charge in [0.25, 0.3) is 15.9 Å². The summed E-state index contributed by atoms with van der Waals surface area (Å²) in [5.41, 5.74) is 0.989. The number of methoxy groups -OCH3 is 1. The summed E-state index contributed by atoms with van der Waals surface area (Å²) in [6, 6.07) is 8.17. The van der Waals surface area contributed by atoms with E-state index in [0.29, 0.717) is 37.7 Å². The molecule has 2 heterocycles. The van der Waals surface area contributed by atoms with Gasteiger partial charge in [0.05, 0.1) is 7.11 Å². The summed E-state index contributed by atoms with van der Waals surface area (Å²) in [6.45, 7) is 3.03. The number of piperazine rings is 1. The summed E-state index contributed by atoms with van der Waals surface area (Å²) < 4.78 is 36.3. The number of ether oxygens (including phenoxy) is 1. The number of carbonyl (C=O) groups is 1. The molecule has 1 saturated heterocycles. The van der Waals surface area contributed by atoms with Crippen LogP contribution in [0.4, 0.5) is 0 Å². The van der Waals surface area contributed by atoms with Crippen LogP contribution in [0.1, 0.15) is 16.1 Å². The Morgan fingerprint density at radius 2 is 1.93 bits per heavy atom. The molecule has 3 rings (SSSR count). The van der Waals surface area contributed by atoms with Crippen molar-refractivity contribution in [1.29, 1.82) is 0 Å². The van der Waals surface area contributed by atoms with E-state index >= 15 is 0 Å². The lowest BCUT2D eigenvalue weighted by Gasteiger charge is -2.34. The molecule has 1 amide bonds. The summed E-state index contributed by atoms with van der Waals surface area (Å²) >= 11 is 6.08. The van der Waals surface area contributed by atoms with Crippen LogP contribution in [-0.2, 0) is 16.6 Å². The van der Waals surface area contributed by atoms with Crippen molar-refractivity contribution in [1.82, 2.24) is 14.5 Å². The Hall–Kier alpha value is -2.07. The molecule has 0 bridgehead atoms. The Morgan fingerprint density at radius 3 is 2.57 bits per heavy atom. The average Bonchev–Trinajstić information content (AvgIpc) is 3.19. The first kappa shape index (κ1) is 20.7. The van der Waals surface area contributed by atoms with Gasteiger partial charge in [0.1, 0.15) is 5.75 Å². The van der Waals surface area contributed by atoms with Gasteiger partial charge >= 0.3 is 0 Å². The highest BCUT2D eigenvalue weighted by Gasteiger charge is 2.26. The van der Waals surface area contributed by atoms with E-state index in [-0.39, 0.29) is 16.8 Å². The lowest BCUT2D eigenvalue weighted by atomic mass is 10.1. The van der Waals surface area contributed by atoms with Crippen molar-refractivity contribution in [2.24, 2.45) is 0 Å². The molecule has 0 radical (unpaired) electrons. The Bertz CT molecular complexity index is 952. The van der Waals surface area contributed by atoms with Crippen molar-refractivity contribution in [3.05, 3.63) is 46.7 Å². The van der Waals surface area contributed by atoms with Gasteiger partial charge in [0.15, 0.2) is 5.76 Å². The van der Waals surface area contributed by atoms with E-state index in [1.165, 1.54) is 19.2 Å². The Morgan fingerprint density at radius 1 is 1.21 bits per heavy atom. The van der Waals surface area contributed by atoms with Crippen molar-refractivity contribution < 1.29 is 22.4 Å². The molecule has 152 valence electrons. The van der Waals surface area contributed by atoms with Crippen molar-refractivity contribution in [3.8, 4) is 5.75 Å². The van der Waals surface area contributed by atoms with E-state index < -0.39 is 10.0 Å². The van der Waals surface area contributed by atoms with Crippen molar-refractivity contribution >= 4 is 27.5 Å². The molecule has 0 aliphatic carbocycles. The fraction of sp³-hybridized carbons (Fsp3) is 0.389. The van der Waals surface area contributed by atoms with Gasteiger partial charge in [-0.2, -0.15) is 0 Å². The van der Waals surface area contributed by atoms with E-state index in [4.69, 9.17) is 20.8 Å². The monoisotopic (exact) mass is 427 g/mol. The van der Waals surface area contributed by atoms with Crippen LogP contribution in [0.25, 0.3) is 0 Å². The van der Waals surface area contributed by atoms with Gasteiger partial charge in [-0.25, -0.2) is 13.1 Å². The van der Waals surface area contributed by atoms with Gasteiger partial charge in [-0.1, -0.05) is 11.6 Å². The van der Waals surface area contributed by atoms with Crippen LogP contribution >= 0.6 is 11.6 Å². The summed E-state index contributed by atoms with van der Waals surface area (Å²) in [6.07, 6.45) is 0. The van der Waals surface area contributed by atoms with Crippen LogP contribution in [0, 0.1) is 0 Å². The zero-order valence-electron chi connectivity index (χ0n) is 15.6. The van der Waals surface area contributed by atoms with Gasteiger partial charge in [-0.3, -0.25) is 9.69 Å². The number of furan rings is 1. The number of nitrogens with zero attached hydrogens (tertiary/aromatic N) is 2. The minimum absolute atomic E-state index is 0.0128. The SMILES string of the molecule is CNS(=O)(=O)c1ccc(C(=O)N2CCN(Cc3cc(Cl)ccc3OC)CC2)o1. The minimum atomic E-state index is -3.71. The summed E-state index contributed by atoms with van der Waals surface area (Å²) in [5.74, 6) is 0.466. The molecule has 0 unspecified atom stereocenters. The number of sulfonamides is 1. The molecular weight excluding hydrogens is 406 g/mol. The number of hydrogen-bond donors (Lipinski definition) is 1. The quantitative estimate of drug-likeness (QED) is 0.755. The first-order chi connectivity index (χ1) is 13.3. The van der Waals surface area contributed by atoms with E-state index in [1.807, 2.05) is 12.1 Å². The molecule has 0 saturated carbocycles. The van der Waals surface area contributed by atoms with Crippen molar-refractivity contribution in [2.45, 2.75) is 11.6 Å². The van der Waals surface area contributed by atoms with E-state index in [2.05, 4.69) is 9.62 Å². The normalized spacial score (nSPS) is 15.6. The van der Waals surface area contributed by atoms with Crippen LogP contribution < -0.4 is 9.46 Å². The molecular formula is C18H22ClN3O5S. The molecule has 1 N–H and O–H groups in total. The number of hydrogen-bond acceptors (Lipinski definition) is 6. The van der Waals surface area contributed by atoms with Gasteiger partial charge in [0.2, 0.25) is 5.09 Å². The second kappa shape index (κ2) is 8.52. The predicted octanol–water partition coefficient (Wildman–Crippen LogP) is 1.81. The summed E-state index contributed by atoms with van der Waals surface area (Å²) in [5, 5.41) is 0.375. The van der Waals surface area contributed by atoms with E-state index in [9.17, 15) is 13.2 Å². The molecule has 1 aromatic heterocycles. The molecule has 8 nitrogen and oxygen atoms in total. The fourth-order valence-electron chi connectivity index (χ4n) is 3.06. The van der Waals surface area contributed by atoms with Crippen LogP contribution in [0.5, 0.6) is 5.75 Å². The van der Waals surface area contributed by atoms with Crippen LogP contribution in [0.15, 0.2) is 39.8 Å². The van der Waals surface area contributed by atoms with Crippen LogP contribution in [-0.4, -0.2) is 64.5 Å². The second-order valence-electron chi connectivity index (χ2n) is 6.35. The zero-order valence-corrected chi connectivity index (χ0v) is 17.2. The largest absolute Gasteiger partial charge is 0.496 e. The Labute approximate surface area is 169 Å². The van der Waals surface area contributed by atoms with Crippen molar-refractivity contribution in [2.75, 3.05) is 40.3 Å². The van der Waals surface area contributed by atoms with E-state index in [0.717, 1.165) is 11.3 Å². The lowest BCUT2D eigenvalue weighted by Crippen LogP contribution is -2.48. The topological polar surface area (TPSA) is 92.1 Å². The number of amides is 1. The molecule has 1 aromatic carbocycles. The minimum Gasteiger partial charge on any atom is -0.496 e. The number of nitrogens with one attached hydrogen (secondary N) is 1. The van der Waals surface area contributed by atoms with Crippen LogP contribution in [0.3, 0.4) is 0 Å². The van der Waals surface area contributed by atoms with Gasteiger partial charge in [0, 0.05) is 43.3 Å². The first-order valence-electron chi connectivity index (χ1n) is 8.71. The standard InChI is InChI=1S/C18H22ClN3O5S/c1-20-28(24,25)17-6-5-16(27-17)18(23)22-9-7-21(8-10-22)12-13-11-14(19)3-4-15(13)26-2/h3-6,11,20H,7-10,12H2,1-2H3. The Balaban J connectivity index is 1.61. The van der Waals surface area contributed by atoms with E-state index in [1.54, 1.807) is 18.1 Å². The fourth-order valence-corrected chi connectivity index (χ4v) is 3.90. The molecule has 1 aliphatic heterocycles. The van der Waals surface area contributed by atoms with Gasteiger partial charge in [-0.15, -0.1) is 0 Å². The molecule has 0 atom stereocenters. The number of benzene rings is 1. The lowest BCUT2D eigenvalue weighted by molar-refractivity contribution is 0.0591. The van der Waals surface area contributed by atoms with Gasteiger partial charge < -0.3 is 14.1 Å². The third kappa shape index (κ3) is 4.49. The summed E-state index contributed by atoms with van der Waals surface area (Å²) in [7, 11) is -0.808. The second-order valence-corrected chi connectivity index (χ2v) is 8.60. The molecule has 2 aromatic rings. The third-order valence-electron chi connectivity index (χ3n) is 4.62. The zero-order chi connectivity index (χ0) is 20.3. The smallest absolute Gasteiger partial charge is 0.289 e.